The van der Waals surface area contributed by atoms with Gasteiger partial charge in [0.2, 0.25) is 0 Å². The van der Waals surface area contributed by atoms with E-state index < -0.39 is 0 Å². The number of nitrogens with zero attached hydrogens (tertiary/aromatic N) is 2. The molecular weight excluding hydrogens is 196 g/mol. The van der Waals surface area contributed by atoms with Gasteiger partial charge in [-0.25, -0.2) is 0 Å². The number of rotatable bonds is 3. The third kappa shape index (κ3) is 2.95. The van der Waals surface area contributed by atoms with Crippen molar-refractivity contribution in [3.05, 3.63) is 22.5 Å². The molecule has 1 aromatic rings. The zero-order valence-corrected chi connectivity index (χ0v) is 9.97. The van der Waals surface area contributed by atoms with Gasteiger partial charge in [-0.2, -0.15) is 5.10 Å². The van der Waals surface area contributed by atoms with Gasteiger partial charge in [-0.05, 0) is 29.9 Å². The summed E-state index contributed by atoms with van der Waals surface area (Å²) in [6.45, 7) is 8.66. The number of hydrogen-bond acceptors (Lipinski definition) is 2. The fourth-order valence-corrected chi connectivity index (χ4v) is 1.61. The number of halogens is 1. The fourth-order valence-electron chi connectivity index (χ4n) is 1.45. The Balaban J connectivity index is 3.02. The minimum absolute atomic E-state index is 0.455. The average molecular weight is 213 g/mol. The Kier molecular flexibility index (Phi) is 3.87. The Morgan fingerprint density at radius 3 is 2.36 bits per heavy atom. The van der Waals surface area contributed by atoms with Crippen LogP contribution in [0.3, 0.4) is 0 Å². The molecule has 0 saturated heterocycles. The summed E-state index contributed by atoms with van der Waals surface area (Å²) in [4.78, 5) is 0. The molecule has 0 atom stereocenters. The normalized spacial score (nSPS) is 11.4. The average Bonchev–Trinajstić information content (AvgIpc) is 2.07. The SMILES string of the molecule is CC(C)Cc1nnc(Cl)cc1C(C)C. The van der Waals surface area contributed by atoms with Crippen LogP contribution in [-0.4, -0.2) is 10.2 Å². The van der Waals surface area contributed by atoms with E-state index in [1.807, 2.05) is 6.07 Å². The third-order valence-electron chi connectivity index (χ3n) is 2.10. The van der Waals surface area contributed by atoms with Gasteiger partial charge < -0.3 is 0 Å². The van der Waals surface area contributed by atoms with Gasteiger partial charge in [0.15, 0.2) is 5.15 Å². The molecular formula is C11H17ClN2. The molecule has 1 rings (SSSR count). The molecule has 0 radical (unpaired) electrons. The monoisotopic (exact) mass is 212 g/mol. The molecule has 3 heteroatoms. The van der Waals surface area contributed by atoms with E-state index in [9.17, 15) is 0 Å². The van der Waals surface area contributed by atoms with E-state index in [1.165, 1.54) is 5.56 Å². The molecule has 0 unspecified atom stereocenters. The molecule has 0 aliphatic carbocycles. The van der Waals surface area contributed by atoms with Gasteiger partial charge >= 0.3 is 0 Å². The second kappa shape index (κ2) is 4.74. The highest BCUT2D eigenvalue weighted by Gasteiger charge is 2.11. The predicted molar refractivity (Wildman–Crippen MR) is 59.7 cm³/mol. The van der Waals surface area contributed by atoms with Crippen LogP contribution >= 0.6 is 11.6 Å². The first-order valence-corrected chi connectivity index (χ1v) is 5.40. The second-order valence-electron chi connectivity index (χ2n) is 4.32. The van der Waals surface area contributed by atoms with Crippen LogP contribution in [0, 0.1) is 5.92 Å². The van der Waals surface area contributed by atoms with Gasteiger partial charge in [0.05, 0.1) is 5.69 Å². The molecule has 1 heterocycles. The second-order valence-corrected chi connectivity index (χ2v) is 4.71. The summed E-state index contributed by atoms with van der Waals surface area (Å²) in [5, 5.41) is 8.54. The maximum Gasteiger partial charge on any atom is 0.152 e. The Morgan fingerprint density at radius 2 is 1.86 bits per heavy atom. The Labute approximate surface area is 90.7 Å². The molecule has 0 saturated carbocycles. The Bertz CT molecular complexity index is 308. The van der Waals surface area contributed by atoms with Crippen molar-refractivity contribution in [3.63, 3.8) is 0 Å². The zero-order chi connectivity index (χ0) is 10.7. The first-order valence-electron chi connectivity index (χ1n) is 5.02. The van der Waals surface area contributed by atoms with Gasteiger partial charge in [0, 0.05) is 0 Å². The summed E-state index contributed by atoms with van der Waals surface area (Å²) in [5.41, 5.74) is 2.30. The van der Waals surface area contributed by atoms with E-state index in [0.29, 0.717) is 17.0 Å². The van der Waals surface area contributed by atoms with Gasteiger partial charge in [-0.3, -0.25) is 0 Å². The Hall–Kier alpha value is -0.630. The molecule has 0 amide bonds. The highest BCUT2D eigenvalue weighted by atomic mass is 35.5. The summed E-state index contributed by atoms with van der Waals surface area (Å²) >= 11 is 5.82. The molecule has 0 aromatic carbocycles. The van der Waals surface area contributed by atoms with E-state index in [1.54, 1.807) is 0 Å². The van der Waals surface area contributed by atoms with E-state index in [-0.39, 0.29) is 0 Å². The lowest BCUT2D eigenvalue weighted by atomic mass is 9.97. The number of hydrogen-bond donors (Lipinski definition) is 0. The van der Waals surface area contributed by atoms with Crippen LogP contribution in [0.25, 0.3) is 0 Å². The molecule has 14 heavy (non-hydrogen) atoms. The molecule has 78 valence electrons. The van der Waals surface area contributed by atoms with Crippen LogP contribution in [0.1, 0.15) is 44.9 Å². The van der Waals surface area contributed by atoms with E-state index >= 15 is 0 Å². The van der Waals surface area contributed by atoms with Crippen LogP contribution in [0.5, 0.6) is 0 Å². The minimum atomic E-state index is 0.455. The first kappa shape index (κ1) is 11.4. The maximum absolute atomic E-state index is 5.82. The molecule has 0 N–H and O–H groups in total. The van der Waals surface area contributed by atoms with Crippen molar-refractivity contribution in [2.75, 3.05) is 0 Å². The van der Waals surface area contributed by atoms with Crippen molar-refractivity contribution < 1.29 is 0 Å². The van der Waals surface area contributed by atoms with Gasteiger partial charge in [-0.1, -0.05) is 39.3 Å². The Morgan fingerprint density at radius 1 is 1.21 bits per heavy atom. The van der Waals surface area contributed by atoms with Crippen molar-refractivity contribution in [1.29, 1.82) is 0 Å². The fraction of sp³-hybridized carbons (Fsp3) is 0.636. The highest BCUT2D eigenvalue weighted by Crippen LogP contribution is 2.21. The van der Waals surface area contributed by atoms with Crippen LogP contribution in [-0.2, 0) is 6.42 Å². The third-order valence-corrected chi connectivity index (χ3v) is 2.28. The molecule has 2 nitrogen and oxygen atoms in total. The molecule has 0 bridgehead atoms. The van der Waals surface area contributed by atoms with E-state index in [4.69, 9.17) is 11.6 Å². The maximum atomic E-state index is 5.82. The van der Waals surface area contributed by atoms with Gasteiger partial charge in [0.1, 0.15) is 0 Å². The minimum Gasteiger partial charge on any atom is -0.154 e. The largest absolute Gasteiger partial charge is 0.154 e. The predicted octanol–water partition coefficient (Wildman–Crippen LogP) is 3.45. The highest BCUT2D eigenvalue weighted by molar-refractivity contribution is 6.29. The van der Waals surface area contributed by atoms with Crippen molar-refractivity contribution in [2.24, 2.45) is 5.92 Å². The summed E-state index contributed by atoms with van der Waals surface area (Å²) < 4.78 is 0. The van der Waals surface area contributed by atoms with Crippen molar-refractivity contribution in [1.82, 2.24) is 10.2 Å². The lowest BCUT2D eigenvalue weighted by molar-refractivity contribution is 0.616. The quantitative estimate of drug-likeness (QED) is 0.767. The van der Waals surface area contributed by atoms with E-state index in [2.05, 4.69) is 37.9 Å². The first-order chi connectivity index (χ1) is 6.50. The van der Waals surface area contributed by atoms with Crippen LogP contribution in [0.15, 0.2) is 6.07 Å². The summed E-state index contributed by atoms with van der Waals surface area (Å²) in [6, 6.07) is 1.93. The van der Waals surface area contributed by atoms with E-state index in [0.717, 1.165) is 12.1 Å². The zero-order valence-electron chi connectivity index (χ0n) is 9.21. The lowest BCUT2D eigenvalue weighted by Crippen LogP contribution is -2.05. The van der Waals surface area contributed by atoms with Gasteiger partial charge in [0.25, 0.3) is 0 Å². The van der Waals surface area contributed by atoms with Crippen LogP contribution < -0.4 is 0 Å². The molecule has 0 fully saturated rings. The summed E-state index contributed by atoms with van der Waals surface area (Å²) in [6.07, 6.45) is 0.970. The molecule has 1 aromatic heterocycles. The van der Waals surface area contributed by atoms with Crippen LogP contribution in [0.4, 0.5) is 0 Å². The van der Waals surface area contributed by atoms with Crippen molar-refractivity contribution in [2.45, 2.75) is 40.0 Å². The van der Waals surface area contributed by atoms with Crippen molar-refractivity contribution in [3.8, 4) is 0 Å². The van der Waals surface area contributed by atoms with Crippen LogP contribution in [0.2, 0.25) is 5.15 Å². The molecule has 0 aliphatic rings. The van der Waals surface area contributed by atoms with Gasteiger partial charge in [-0.15, -0.1) is 5.10 Å². The topological polar surface area (TPSA) is 25.8 Å². The lowest BCUT2D eigenvalue weighted by Gasteiger charge is -2.12. The van der Waals surface area contributed by atoms with Crippen molar-refractivity contribution >= 4 is 11.6 Å². The summed E-state index contributed by atoms with van der Waals surface area (Å²) in [5.74, 6) is 1.06. The summed E-state index contributed by atoms with van der Waals surface area (Å²) in [7, 11) is 0. The molecule has 0 aliphatic heterocycles. The molecule has 0 spiro atoms. The number of aromatic nitrogens is 2. The standard InChI is InChI=1S/C11H17ClN2/c1-7(2)5-10-9(8(3)4)6-11(12)14-13-10/h6-8H,5H2,1-4H3. The smallest absolute Gasteiger partial charge is 0.152 e.